The largest absolute Gasteiger partial charge is 0.486 e. The quantitative estimate of drug-likeness (QED) is 0.849. The molecular weight excluding hydrogens is 344 g/mol. The van der Waals surface area contributed by atoms with Crippen LogP contribution in [0.1, 0.15) is 36.5 Å². The number of hydrogen-bond acceptors (Lipinski definition) is 5. The van der Waals surface area contributed by atoms with Gasteiger partial charge in [0.1, 0.15) is 13.2 Å². The molecule has 0 unspecified atom stereocenters. The second-order valence-electron chi connectivity index (χ2n) is 6.36. The first-order valence-electron chi connectivity index (χ1n) is 8.67. The van der Waals surface area contributed by atoms with E-state index < -0.39 is 10.0 Å². The number of piperidine rings is 1. The van der Waals surface area contributed by atoms with E-state index in [1.54, 1.807) is 23.1 Å². The molecule has 1 amide bonds. The Labute approximate surface area is 148 Å². The fourth-order valence-electron chi connectivity index (χ4n) is 3.14. The molecule has 2 heterocycles. The third-order valence-electron chi connectivity index (χ3n) is 4.39. The molecule has 1 aromatic rings. The molecule has 1 N–H and O–H groups in total. The summed E-state index contributed by atoms with van der Waals surface area (Å²) in [7, 11) is -3.22. The molecule has 0 aliphatic carbocycles. The first kappa shape index (κ1) is 18.0. The number of benzene rings is 1. The number of sulfonamides is 1. The van der Waals surface area contributed by atoms with Crippen molar-refractivity contribution < 1.29 is 22.7 Å². The van der Waals surface area contributed by atoms with Gasteiger partial charge in [0.05, 0.1) is 5.75 Å². The Morgan fingerprint density at radius 2 is 1.88 bits per heavy atom. The van der Waals surface area contributed by atoms with Gasteiger partial charge in [-0.15, -0.1) is 0 Å². The molecule has 0 aromatic heterocycles. The number of carbonyl (C=O) groups excluding carboxylic acids is 1. The number of nitrogens with zero attached hydrogens (tertiary/aromatic N) is 1. The Balaban J connectivity index is 1.58. The van der Waals surface area contributed by atoms with Gasteiger partial charge in [-0.05, 0) is 37.5 Å². The van der Waals surface area contributed by atoms with Crippen molar-refractivity contribution >= 4 is 15.9 Å². The number of nitrogens with one attached hydrogen (secondary N) is 1. The van der Waals surface area contributed by atoms with Crippen molar-refractivity contribution in [3.05, 3.63) is 23.8 Å². The first-order valence-corrected chi connectivity index (χ1v) is 10.3. The van der Waals surface area contributed by atoms with Crippen molar-refractivity contribution in [1.82, 2.24) is 9.62 Å². The highest BCUT2D eigenvalue weighted by Gasteiger charge is 2.27. The summed E-state index contributed by atoms with van der Waals surface area (Å²) in [6.07, 6.45) is 1.84. The minimum Gasteiger partial charge on any atom is -0.486 e. The van der Waals surface area contributed by atoms with E-state index in [1.165, 1.54) is 0 Å². The number of ether oxygens (including phenoxy) is 2. The Hall–Kier alpha value is -1.80. The van der Waals surface area contributed by atoms with Crippen molar-refractivity contribution in [3.63, 3.8) is 0 Å². The van der Waals surface area contributed by atoms with Gasteiger partial charge < -0.3 is 14.4 Å². The van der Waals surface area contributed by atoms with E-state index in [1.807, 2.05) is 6.92 Å². The summed E-state index contributed by atoms with van der Waals surface area (Å²) < 4.78 is 37.4. The van der Waals surface area contributed by atoms with Gasteiger partial charge in [0.25, 0.3) is 5.91 Å². The monoisotopic (exact) mass is 368 g/mol. The molecule has 0 saturated carbocycles. The zero-order valence-electron chi connectivity index (χ0n) is 14.4. The Morgan fingerprint density at radius 1 is 1.20 bits per heavy atom. The molecular formula is C17H24N2O5S. The lowest BCUT2D eigenvalue weighted by Gasteiger charge is -2.32. The maximum atomic E-state index is 12.7. The summed E-state index contributed by atoms with van der Waals surface area (Å²) >= 11 is 0. The molecule has 2 aliphatic heterocycles. The molecule has 0 atom stereocenters. The van der Waals surface area contributed by atoms with E-state index in [2.05, 4.69) is 4.72 Å². The SMILES string of the molecule is CCCS(=O)(=O)NC1CCN(C(=O)c2ccc3c(c2)OCCO3)CC1. The van der Waals surface area contributed by atoms with E-state index >= 15 is 0 Å². The van der Waals surface area contributed by atoms with Crippen LogP contribution in [0.2, 0.25) is 0 Å². The topological polar surface area (TPSA) is 84.9 Å². The van der Waals surface area contributed by atoms with Crippen LogP contribution < -0.4 is 14.2 Å². The molecule has 0 spiro atoms. The third-order valence-corrected chi connectivity index (χ3v) is 6.03. The van der Waals surface area contributed by atoms with E-state index in [4.69, 9.17) is 9.47 Å². The van der Waals surface area contributed by atoms with Gasteiger partial charge in [0.2, 0.25) is 10.0 Å². The van der Waals surface area contributed by atoms with Crippen LogP contribution in [0.15, 0.2) is 18.2 Å². The number of rotatable bonds is 5. The van der Waals surface area contributed by atoms with Gasteiger partial charge in [0.15, 0.2) is 11.5 Å². The van der Waals surface area contributed by atoms with E-state index in [0.717, 1.165) is 0 Å². The fraction of sp³-hybridized carbons (Fsp3) is 0.588. The van der Waals surface area contributed by atoms with Gasteiger partial charge in [0, 0.05) is 24.7 Å². The van der Waals surface area contributed by atoms with Crippen molar-refractivity contribution in [2.24, 2.45) is 0 Å². The summed E-state index contributed by atoms with van der Waals surface area (Å²) in [5.74, 6) is 1.33. The van der Waals surface area contributed by atoms with Crippen LogP contribution in [0.4, 0.5) is 0 Å². The van der Waals surface area contributed by atoms with Crippen molar-refractivity contribution in [2.75, 3.05) is 32.1 Å². The van der Waals surface area contributed by atoms with Gasteiger partial charge in [-0.1, -0.05) is 6.92 Å². The second-order valence-corrected chi connectivity index (χ2v) is 8.24. The molecule has 0 radical (unpaired) electrons. The van der Waals surface area contributed by atoms with Crippen LogP contribution in [-0.2, 0) is 10.0 Å². The molecule has 138 valence electrons. The first-order chi connectivity index (χ1) is 12.0. The van der Waals surface area contributed by atoms with Crippen LogP contribution in [-0.4, -0.2) is 57.3 Å². The summed E-state index contributed by atoms with van der Waals surface area (Å²) in [5, 5.41) is 0. The van der Waals surface area contributed by atoms with Crippen molar-refractivity contribution in [3.8, 4) is 11.5 Å². The standard InChI is InChI=1S/C17H24N2O5S/c1-2-11-25(21,22)18-14-5-7-19(8-6-14)17(20)13-3-4-15-16(12-13)24-10-9-23-15/h3-4,12,14,18H,2,5-11H2,1H3. The van der Waals surface area contributed by atoms with Crippen LogP contribution in [0.25, 0.3) is 0 Å². The Bertz CT molecular complexity index is 727. The van der Waals surface area contributed by atoms with Gasteiger partial charge >= 0.3 is 0 Å². The molecule has 0 bridgehead atoms. The smallest absolute Gasteiger partial charge is 0.253 e. The highest BCUT2D eigenvalue weighted by Crippen LogP contribution is 2.31. The Kier molecular flexibility index (Phi) is 5.48. The van der Waals surface area contributed by atoms with E-state index in [-0.39, 0.29) is 17.7 Å². The molecule has 8 heteroatoms. The van der Waals surface area contributed by atoms with Crippen LogP contribution in [0.3, 0.4) is 0 Å². The highest BCUT2D eigenvalue weighted by molar-refractivity contribution is 7.89. The lowest BCUT2D eigenvalue weighted by Crippen LogP contribution is -2.47. The lowest BCUT2D eigenvalue weighted by atomic mass is 10.0. The minimum atomic E-state index is -3.22. The van der Waals surface area contributed by atoms with Gasteiger partial charge in [-0.2, -0.15) is 0 Å². The maximum absolute atomic E-state index is 12.7. The summed E-state index contributed by atoms with van der Waals surface area (Å²) in [6.45, 7) is 3.91. The Morgan fingerprint density at radius 3 is 2.56 bits per heavy atom. The van der Waals surface area contributed by atoms with Gasteiger partial charge in [-0.25, -0.2) is 13.1 Å². The summed E-state index contributed by atoms with van der Waals surface area (Å²) in [4.78, 5) is 14.4. The number of hydrogen-bond donors (Lipinski definition) is 1. The fourth-order valence-corrected chi connectivity index (χ4v) is 4.54. The molecule has 1 aromatic carbocycles. The van der Waals surface area contributed by atoms with Crippen LogP contribution >= 0.6 is 0 Å². The second kappa shape index (κ2) is 7.61. The predicted molar refractivity (Wildman–Crippen MR) is 93.6 cm³/mol. The van der Waals surface area contributed by atoms with Crippen LogP contribution in [0, 0.1) is 0 Å². The van der Waals surface area contributed by atoms with E-state index in [0.29, 0.717) is 62.6 Å². The molecule has 1 fully saturated rings. The van der Waals surface area contributed by atoms with Crippen molar-refractivity contribution in [2.45, 2.75) is 32.2 Å². The molecule has 2 aliphatic rings. The highest BCUT2D eigenvalue weighted by atomic mass is 32.2. The molecule has 3 rings (SSSR count). The van der Waals surface area contributed by atoms with Gasteiger partial charge in [-0.3, -0.25) is 4.79 Å². The van der Waals surface area contributed by atoms with Crippen molar-refractivity contribution in [1.29, 1.82) is 0 Å². The predicted octanol–water partition coefficient (Wildman–Crippen LogP) is 1.39. The number of fused-ring (bicyclic) bond motifs is 1. The average molecular weight is 368 g/mol. The zero-order valence-corrected chi connectivity index (χ0v) is 15.2. The maximum Gasteiger partial charge on any atom is 0.253 e. The van der Waals surface area contributed by atoms with E-state index in [9.17, 15) is 13.2 Å². The van der Waals surface area contributed by atoms with Crippen LogP contribution in [0.5, 0.6) is 11.5 Å². The average Bonchev–Trinajstić information content (AvgIpc) is 2.61. The third kappa shape index (κ3) is 4.43. The number of likely N-dealkylation sites (tertiary alicyclic amines) is 1. The summed E-state index contributed by atoms with van der Waals surface area (Å²) in [6, 6.07) is 5.12. The number of amides is 1. The minimum absolute atomic E-state index is 0.0631. The zero-order chi connectivity index (χ0) is 17.9. The lowest BCUT2D eigenvalue weighted by molar-refractivity contribution is 0.0710. The normalized spacial score (nSPS) is 18.2. The number of carbonyl (C=O) groups is 1. The molecule has 7 nitrogen and oxygen atoms in total. The molecule has 1 saturated heterocycles. The summed E-state index contributed by atoms with van der Waals surface area (Å²) in [5.41, 5.74) is 0.564. The molecule has 25 heavy (non-hydrogen) atoms.